The van der Waals surface area contributed by atoms with E-state index >= 15 is 0 Å². The fourth-order valence-electron chi connectivity index (χ4n) is 2.17. The molecular weight excluding hydrogens is 184 g/mol. The molecule has 2 heteroatoms. The monoisotopic (exact) mass is 212 g/mol. The molecule has 0 amide bonds. The number of hydrogen-bond donors (Lipinski definition) is 1. The molecule has 15 heavy (non-hydrogen) atoms. The Bertz CT molecular complexity index is 166. The van der Waals surface area contributed by atoms with Gasteiger partial charge in [-0.1, -0.05) is 34.1 Å². The molecule has 1 rings (SSSR count). The molecule has 1 fully saturated rings. The van der Waals surface area contributed by atoms with Gasteiger partial charge in [-0.3, -0.25) is 0 Å². The van der Waals surface area contributed by atoms with Crippen molar-refractivity contribution in [3.8, 4) is 0 Å². The Morgan fingerprint density at radius 1 is 1.20 bits per heavy atom. The van der Waals surface area contributed by atoms with E-state index in [9.17, 15) is 0 Å². The lowest BCUT2D eigenvalue weighted by Crippen LogP contribution is -2.48. The molecule has 0 aliphatic carbocycles. The van der Waals surface area contributed by atoms with E-state index in [1.165, 1.54) is 39.1 Å². The molecule has 0 spiro atoms. The Labute approximate surface area is 95.4 Å². The van der Waals surface area contributed by atoms with Gasteiger partial charge in [0, 0.05) is 13.1 Å². The van der Waals surface area contributed by atoms with Gasteiger partial charge >= 0.3 is 0 Å². The van der Waals surface area contributed by atoms with Gasteiger partial charge in [-0.2, -0.15) is 0 Å². The highest BCUT2D eigenvalue weighted by Crippen LogP contribution is 2.17. The Balaban J connectivity index is 2.25. The molecule has 0 aromatic rings. The SMILES string of the molecule is CCC(C)CN(CC)CC(C)C1CNC1. The van der Waals surface area contributed by atoms with E-state index in [0.29, 0.717) is 0 Å². The second-order valence-corrected chi connectivity index (χ2v) is 5.26. The molecule has 1 saturated heterocycles. The third-order valence-electron chi connectivity index (χ3n) is 3.88. The van der Waals surface area contributed by atoms with Gasteiger partial charge in [-0.25, -0.2) is 0 Å². The van der Waals surface area contributed by atoms with E-state index in [2.05, 4.69) is 37.9 Å². The maximum absolute atomic E-state index is 3.37. The van der Waals surface area contributed by atoms with Crippen LogP contribution in [0.1, 0.15) is 34.1 Å². The van der Waals surface area contributed by atoms with E-state index in [-0.39, 0.29) is 0 Å². The van der Waals surface area contributed by atoms with Crippen molar-refractivity contribution in [2.75, 3.05) is 32.7 Å². The van der Waals surface area contributed by atoms with Gasteiger partial charge in [-0.15, -0.1) is 0 Å². The van der Waals surface area contributed by atoms with E-state index in [4.69, 9.17) is 0 Å². The standard InChI is InChI=1S/C13H28N2/c1-5-11(3)9-15(6-2)10-12(4)13-7-14-8-13/h11-14H,5-10H2,1-4H3. The van der Waals surface area contributed by atoms with Crippen LogP contribution in [0.5, 0.6) is 0 Å². The number of nitrogens with zero attached hydrogens (tertiary/aromatic N) is 1. The molecule has 2 atom stereocenters. The molecule has 0 saturated carbocycles. The van der Waals surface area contributed by atoms with Crippen LogP contribution in [0.4, 0.5) is 0 Å². The van der Waals surface area contributed by atoms with Crippen molar-refractivity contribution in [1.82, 2.24) is 10.2 Å². The van der Waals surface area contributed by atoms with Crippen LogP contribution in [0.15, 0.2) is 0 Å². The number of rotatable bonds is 7. The molecule has 0 radical (unpaired) electrons. The van der Waals surface area contributed by atoms with Crippen LogP contribution < -0.4 is 5.32 Å². The minimum absolute atomic E-state index is 0.844. The fraction of sp³-hybridized carbons (Fsp3) is 1.00. The highest BCUT2D eigenvalue weighted by atomic mass is 15.1. The summed E-state index contributed by atoms with van der Waals surface area (Å²) in [5.41, 5.74) is 0. The summed E-state index contributed by atoms with van der Waals surface area (Å²) in [6.45, 7) is 15.6. The van der Waals surface area contributed by atoms with Crippen molar-refractivity contribution in [3.05, 3.63) is 0 Å². The molecule has 0 aromatic carbocycles. The lowest BCUT2D eigenvalue weighted by molar-refractivity contribution is 0.156. The highest BCUT2D eigenvalue weighted by molar-refractivity contribution is 4.81. The molecule has 0 bridgehead atoms. The van der Waals surface area contributed by atoms with Gasteiger partial charge in [0.05, 0.1) is 0 Å². The predicted molar refractivity (Wildman–Crippen MR) is 67.1 cm³/mol. The molecule has 1 heterocycles. The fourth-order valence-corrected chi connectivity index (χ4v) is 2.17. The smallest absolute Gasteiger partial charge is 0.00106 e. The van der Waals surface area contributed by atoms with Crippen LogP contribution in [0.25, 0.3) is 0 Å². The molecule has 1 N–H and O–H groups in total. The lowest BCUT2D eigenvalue weighted by atomic mass is 9.88. The molecule has 0 aromatic heterocycles. The summed E-state index contributed by atoms with van der Waals surface area (Å²) in [6.07, 6.45) is 1.30. The second kappa shape index (κ2) is 6.49. The summed E-state index contributed by atoms with van der Waals surface area (Å²) in [4.78, 5) is 2.62. The van der Waals surface area contributed by atoms with E-state index < -0.39 is 0 Å². The van der Waals surface area contributed by atoms with Gasteiger partial charge in [0.1, 0.15) is 0 Å². The van der Waals surface area contributed by atoms with Crippen molar-refractivity contribution in [2.24, 2.45) is 17.8 Å². The summed E-state index contributed by atoms with van der Waals surface area (Å²) in [5.74, 6) is 2.63. The first-order chi connectivity index (χ1) is 7.17. The Morgan fingerprint density at radius 3 is 2.27 bits per heavy atom. The molecule has 2 unspecified atom stereocenters. The van der Waals surface area contributed by atoms with Crippen LogP contribution >= 0.6 is 0 Å². The van der Waals surface area contributed by atoms with E-state index in [1.54, 1.807) is 0 Å². The van der Waals surface area contributed by atoms with Crippen LogP contribution in [-0.2, 0) is 0 Å². The largest absolute Gasteiger partial charge is 0.316 e. The van der Waals surface area contributed by atoms with Gasteiger partial charge in [0.25, 0.3) is 0 Å². The summed E-state index contributed by atoms with van der Waals surface area (Å²) in [7, 11) is 0. The molecule has 1 aliphatic heterocycles. The van der Waals surface area contributed by atoms with Gasteiger partial charge in [-0.05, 0) is 37.4 Å². The van der Waals surface area contributed by atoms with Crippen molar-refractivity contribution in [2.45, 2.75) is 34.1 Å². The van der Waals surface area contributed by atoms with Crippen LogP contribution in [-0.4, -0.2) is 37.6 Å². The molecule has 1 aliphatic rings. The zero-order chi connectivity index (χ0) is 11.3. The quantitative estimate of drug-likeness (QED) is 0.696. The highest BCUT2D eigenvalue weighted by Gasteiger charge is 2.24. The summed E-state index contributed by atoms with van der Waals surface area (Å²) in [5, 5.41) is 3.37. The zero-order valence-corrected chi connectivity index (χ0v) is 10.9. The molecule has 90 valence electrons. The first-order valence-corrected chi connectivity index (χ1v) is 6.60. The third kappa shape index (κ3) is 4.12. The first-order valence-electron chi connectivity index (χ1n) is 6.60. The second-order valence-electron chi connectivity index (χ2n) is 5.26. The van der Waals surface area contributed by atoms with Crippen molar-refractivity contribution in [1.29, 1.82) is 0 Å². The summed E-state index contributed by atoms with van der Waals surface area (Å²) in [6, 6.07) is 0. The van der Waals surface area contributed by atoms with E-state index in [0.717, 1.165) is 17.8 Å². The Hall–Kier alpha value is -0.0800. The third-order valence-corrected chi connectivity index (χ3v) is 3.88. The molecular formula is C13H28N2. The minimum atomic E-state index is 0.844. The van der Waals surface area contributed by atoms with Crippen molar-refractivity contribution < 1.29 is 0 Å². The van der Waals surface area contributed by atoms with Crippen LogP contribution in [0, 0.1) is 17.8 Å². The topological polar surface area (TPSA) is 15.3 Å². The van der Waals surface area contributed by atoms with Gasteiger partial charge in [0.15, 0.2) is 0 Å². The summed E-state index contributed by atoms with van der Waals surface area (Å²) < 4.78 is 0. The maximum atomic E-state index is 3.37. The average molecular weight is 212 g/mol. The lowest BCUT2D eigenvalue weighted by Gasteiger charge is -2.36. The van der Waals surface area contributed by atoms with Gasteiger partial charge < -0.3 is 10.2 Å². The Morgan fingerprint density at radius 2 is 1.87 bits per heavy atom. The average Bonchev–Trinajstić information content (AvgIpc) is 2.13. The van der Waals surface area contributed by atoms with Crippen LogP contribution in [0.3, 0.4) is 0 Å². The number of hydrogen-bond acceptors (Lipinski definition) is 2. The van der Waals surface area contributed by atoms with Crippen molar-refractivity contribution >= 4 is 0 Å². The normalized spacial score (nSPS) is 21.4. The Kier molecular flexibility index (Phi) is 5.62. The predicted octanol–water partition coefficient (Wildman–Crippen LogP) is 2.21. The minimum Gasteiger partial charge on any atom is -0.316 e. The van der Waals surface area contributed by atoms with Crippen molar-refractivity contribution in [3.63, 3.8) is 0 Å². The number of nitrogens with one attached hydrogen (secondary N) is 1. The summed E-state index contributed by atoms with van der Waals surface area (Å²) >= 11 is 0. The maximum Gasteiger partial charge on any atom is 0.00106 e. The molecule has 2 nitrogen and oxygen atoms in total. The zero-order valence-electron chi connectivity index (χ0n) is 10.9. The first kappa shape index (κ1) is 13.0. The van der Waals surface area contributed by atoms with Crippen LogP contribution in [0.2, 0.25) is 0 Å². The van der Waals surface area contributed by atoms with Gasteiger partial charge in [0.2, 0.25) is 0 Å². The van der Waals surface area contributed by atoms with E-state index in [1.807, 2.05) is 0 Å².